The van der Waals surface area contributed by atoms with Gasteiger partial charge < -0.3 is 18.7 Å². The molecular weight excluding hydrogens is 274 g/mol. The summed E-state index contributed by atoms with van der Waals surface area (Å²) >= 11 is 0. The van der Waals surface area contributed by atoms with Crippen molar-refractivity contribution in [3.8, 4) is 11.5 Å². The zero-order chi connectivity index (χ0) is 15.4. The van der Waals surface area contributed by atoms with Crippen molar-refractivity contribution >= 4 is 5.97 Å². The Balaban J connectivity index is 2.23. The molecule has 0 aliphatic carbocycles. The molecule has 0 saturated carbocycles. The Morgan fingerprint density at radius 1 is 1.24 bits per heavy atom. The molecule has 1 aromatic carbocycles. The van der Waals surface area contributed by atoms with Gasteiger partial charge in [0.2, 0.25) is 0 Å². The largest absolute Gasteiger partial charge is 0.493 e. The number of carbonyl (C=O) groups is 1. The summed E-state index contributed by atoms with van der Waals surface area (Å²) in [6.07, 6.45) is 0. The summed E-state index contributed by atoms with van der Waals surface area (Å²) in [4.78, 5) is 11.6. The average Bonchev–Trinajstić information content (AvgIpc) is 2.82. The van der Waals surface area contributed by atoms with Gasteiger partial charge in [-0.05, 0) is 32.0 Å². The lowest BCUT2D eigenvalue weighted by Gasteiger charge is -2.11. The molecule has 0 fully saturated rings. The minimum absolute atomic E-state index is 0.280. The van der Waals surface area contributed by atoms with Gasteiger partial charge in [0.15, 0.2) is 11.5 Å². The molecule has 0 atom stereocenters. The van der Waals surface area contributed by atoms with Gasteiger partial charge in [-0.3, -0.25) is 0 Å². The number of nitrogens with zero attached hydrogens (tertiary/aromatic N) is 1. The number of ether oxygens (including phenoxy) is 3. The Bertz CT molecular complexity index is 628. The van der Waals surface area contributed by atoms with Gasteiger partial charge in [0, 0.05) is 0 Å². The first-order valence-corrected chi connectivity index (χ1v) is 6.37. The fourth-order valence-electron chi connectivity index (χ4n) is 1.89. The van der Waals surface area contributed by atoms with E-state index in [0.717, 1.165) is 11.3 Å². The van der Waals surface area contributed by atoms with Gasteiger partial charge in [0.1, 0.15) is 12.4 Å². The molecule has 1 heterocycles. The maximum atomic E-state index is 11.6. The molecule has 0 aliphatic rings. The number of esters is 1. The second-order valence-corrected chi connectivity index (χ2v) is 4.45. The van der Waals surface area contributed by atoms with Gasteiger partial charge in [0.25, 0.3) is 0 Å². The van der Waals surface area contributed by atoms with E-state index in [1.807, 2.05) is 13.8 Å². The van der Waals surface area contributed by atoms with Crippen molar-refractivity contribution in [1.82, 2.24) is 5.16 Å². The van der Waals surface area contributed by atoms with E-state index in [2.05, 4.69) is 5.16 Å². The van der Waals surface area contributed by atoms with E-state index in [4.69, 9.17) is 18.7 Å². The summed E-state index contributed by atoms with van der Waals surface area (Å²) in [5.41, 5.74) is 2.04. The zero-order valence-corrected chi connectivity index (χ0v) is 12.4. The first-order valence-electron chi connectivity index (χ1n) is 6.37. The van der Waals surface area contributed by atoms with Crippen LogP contribution in [-0.4, -0.2) is 25.3 Å². The summed E-state index contributed by atoms with van der Waals surface area (Å²) in [5.74, 6) is 1.27. The van der Waals surface area contributed by atoms with E-state index in [9.17, 15) is 4.79 Å². The van der Waals surface area contributed by atoms with Crippen LogP contribution in [0.1, 0.15) is 27.4 Å². The van der Waals surface area contributed by atoms with Gasteiger partial charge in [0.05, 0.1) is 31.0 Å². The molecule has 1 aromatic heterocycles. The molecule has 2 aromatic rings. The number of aromatic nitrogens is 1. The highest BCUT2D eigenvalue weighted by Gasteiger charge is 2.14. The molecule has 21 heavy (non-hydrogen) atoms. The standard InChI is InChI=1S/C15H17NO5/c1-9-12(10(2)21-16-9)8-20-14-7-11(15(17)19-4)5-6-13(14)18-3/h5-7H,8H2,1-4H3. The van der Waals surface area contributed by atoms with E-state index in [-0.39, 0.29) is 6.61 Å². The molecule has 6 nitrogen and oxygen atoms in total. The van der Waals surface area contributed by atoms with Gasteiger partial charge in [-0.2, -0.15) is 0 Å². The second-order valence-electron chi connectivity index (χ2n) is 4.45. The smallest absolute Gasteiger partial charge is 0.337 e. The Kier molecular flexibility index (Phi) is 4.47. The van der Waals surface area contributed by atoms with Crippen LogP contribution < -0.4 is 9.47 Å². The Labute approximate surface area is 122 Å². The van der Waals surface area contributed by atoms with E-state index >= 15 is 0 Å². The number of rotatable bonds is 5. The summed E-state index contributed by atoms with van der Waals surface area (Å²) < 4.78 is 20.7. The molecule has 112 valence electrons. The van der Waals surface area contributed by atoms with E-state index in [1.165, 1.54) is 14.2 Å². The molecule has 0 amide bonds. The molecule has 0 radical (unpaired) electrons. The Hall–Kier alpha value is -2.50. The lowest BCUT2D eigenvalue weighted by molar-refractivity contribution is 0.0600. The van der Waals surface area contributed by atoms with Crippen molar-refractivity contribution in [3.63, 3.8) is 0 Å². The van der Waals surface area contributed by atoms with Crippen LogP contribution in [0.25, 0.3) is 0 Å². The normalized spacial score (nSPS) is 10.3. The zero-order valence-electron chi connectivity index (χ0n) is 12.4. The molecule has 0 unspecified atom stereocenters. The molecule has 0 N–H and O–H groups in total. The van der Waals surface area contributed by atoms with Crippen LogP contribution in [0.3, 0.4) is 0 Å². The SMILES string of the molecule is COC(=O)c1ccc(OC)c(OCc2c(C)noc2C)c1. The van der Waals surface area contributed by atoms with Crippen LogP contribution in [0.4, 0.5) is 0 Å². The first-order chi connectivity index (χ1) is 10.1. The number of aryl methyl sites for hydroxylation is 2. The van der Waals surface area contributed by atoms with Gasteiger partial charge in [-0.25, -0.2) is 4.79 Å². The molecule has 0 saturated heterocycles. The Morgan fingerprint density at radius 2 is 2.00 bits per heavy atom. The van der Waals surface area contributed by atoms with Crippen LogP contribution in [0, 0.1) is 13.8 Å². The van der Waals surface area contributed by atoms with E-state index < -0.39 is 5.97 Å². The third kappa shape index (κ3) is 3.16. The number of methoxy groups -OCH3 is 2. The van der Waals surface area contributed by atoms with Crippen molar-refractivity contribution in [3.05, 3.63) is 40.8 Å². The van der Waals surface area contributed by atoms with Crippen LogP contribution in [0.15, 0.2) is 22.7 Å². The average molecular weight is 291 g/mol. The lowest BCUT2D eigenvalue weighted by atomic mass is 10.2. The minimum atomic E-state index is -0.431. The maximum absolute atomic E-state index is 11.6. The monoisotopic (exact) mass is 291 g/mol. The van der Waals surface area contributed by atoms with E-state index in [0.29, 0.717) is 22.8 Å². The number of benzene rings is 1. The minimum Gasteiger partial charge on any atom is -0.493 e. The number of hydrogen-bond donors (Lipinski definition) is 0. The van der Waals surface area contributed by atoms with Crippen molar-refractivity contribution in [1.29, 1.82) is 0 Å². The quantitative estimate of drug-likeness (QED) is 0.789. The molecule has 2 rings (SSSR count). The molecule has 6 heteroatoms. The summed E-state index contributed by atoms with van der Waals surface area (Å²) in [7, 11) is 2.87. The predicted molar refractivity (Wildman–Crippen MR) is 74.6 cm³/mol. The predicted octanol–water partition coefficient (Wildman–Crippen LogP) is 2.67. The molecule has 0 spiro atoms. The highest BCUT2D eigenvalue weighted by atomic mass is 16.5. The number of hydrogen-bond acceptors (Lipinski definition) is 6. The van der Waals surface area contributed by atoms with Crippen LogP contribution in [0.2, 0.25) is 0 Å². The van der Waals surface area contributed by atoms with Crippen LogP contribution >= 0.6 is 0 Å². The van der Waals surface area contributed by atoms with Gasteiger partial charge in [-0.1, -0.05) is 5.16 Å². The highest BCUT2D eigenvalue weighted by molar-refractivity contribution is 5.90. The molecular formula is C15H17NO5. The fourth-order valence-corrected chi connectivity index (χ4v) is 1.89. The first kappa shape index (κ1) is 14.9. The summed E-state index contributed by atoms with van der Waals surface area (Å²) in [6.45, 7) is 3.94. The fraction of sp³-hybridized carbons (Fsp3) is 0.333. The summed E-state index contributed by atoms with van der Waals surface area (Å²) in [6, 6.07) is 4.87. The van der Waals surface area contributed by atoms with Crippen LogP contribution in [-0.2, 0) is 11.3 Å². The van der Waals surface area contributed by atoms with Gasteiger partial charge in [-0.15, -0.1) is 0 Å². The van der Waals surface area contributed by atoms with Gasteiger partial charge >= 0.3 is 5.97 Å². The van der Waals surface area contributed by atoms with Crippen molar-refractivity contribution < 1.29 is 23.5 Å². The summed E-state index contributed by atoms with van der Waals surface area (Å²) in [5, 5.41) is 3.87. The van der Waals surface area contributed by atoms with E-state index in [1.54, 1.807) is 18.2 Å². The number of carbonyl (C=O) groups excluding carboxylic acids is 1. The van der Waals surface area contributed by atoms with Crippen LogP contribution in [0.5, 0.6) is 11.5 Å². The lowest BCUT2D eigenvalue weighted by Crippen LogP contribution is -2.04. The third-order valence-corrected chi connectivity index (χ3v) is 3.14. The Morgan fingerprint density at radius 3 is 2.57 bits per heavy atom. The molecule has 0 bridgehead atoms. The second kappa shape index (κ2) is 6.30. The maximum Gasteiger partial charge on any atom is 0.337 e. The topological polar surface area (TPSA) is 70.8 Å². The van der Waals surface area contributed by atoms with Crippen molar-refractivity contribution in [2.45, 2.75) is 20.5 Å². The van der Waals surface area contributed by atoms with Crippen molar-refractivity contribution in [2.75, 3.05) is 14.2 Å². The van der Waals surface area contributed by atoms with Crippen molar-refractivity contribution in [2.24, 2.45) is 0 Å². The highest BCUT2D eigenvalue weighted by Crippen LogP contribution is 2.29. The third-order valence-electron chi connectivity index (χ3n) is 3.14. The molecule has 0 aliphatic heterocycles.